The first-order chi connectivity index (χ1) is 5.29. The molecule has 0 fully saturated rings. The molecule has 56 valence electrons. The Morgan fingerprint density at radius 3 is 2.73 bits per heavy atom. The van der Waals surface area contributed by atoms with Gasteiger partial charge in [0.15, 0.2) is 0 Å². The summed E-state index contributed by atoms with van der Waals surface area (Å²) in [6.07, 6.45) is 0. The number of nitriles is 1. The van der Waals surface area contributed by atoms with Gasteiger partial charge in [0.2, 0.25) is 0 Å². The van der Waals surface area contributed by atoms with Gasteiger partial charge in [-0.25, -0.2) is 0 Å². The van der Waals surface area contributed by atoms with Gasteiger partial charge >= 0.3 is 0 Å². The zero-order valence-corrected chi connectivity index (χ0v) is 6.60. The molecule has 0 amide bonds. The lowest BCUT2D eigenvalue weighted by atomic mass is 10.1. The first-order valence-corrected chi connectivity index (χ1v) is 3.55. The highest BCUT2D eigenvalue weighted by molar-refractivity contribution is 6.31. The Kier molecular flexibility index (Phi) is 2.48. The van der Waals surface area contributed by atoms with Gasteiger partial charge in [-0.2, -0.15) is 5.26 Å². The molecular formula is C8H7ClN2. The van der Waals surface area contributed by atoms with E-state index in [0.717, 1.165) is 5.56 Å². The second-order valence-electron chi connectivity index (χ2n) is 2.08. The van der Waals surface area contributed by atoms with Gasteiger partial charge in [-0.15, -0.1) is 0 Å². The van der Waals surface area contributed by atoms with Crippen LogP contribution in [-0.4, -0.2) is 0 Å². The maximum atomic E-state index is 8.61. The van der Waals surface area contributed by atoms with Gasteiger partial charge in [0, 0.05) is 17.1 Å². The van der Waals surface area contributed by atoms with Crippen molar-refractivity contribution in [3.8, 4) is 6.07 Å². The van der Waals surface area contributed by atoms with Crippen molar-refractivity contribution in [1.29, 1.82) is 5.26 Å². The normalized spacial score (nSPS) is 9.18. The average Bonchev–Trinajstić information content (AvgIpc) is 2.04. The molecule has 0 heterocycles. The predicted molar refractivity (Wildman–Crippen MR) is 44.1 cm³/mol. The van der Waals surface area contributed by atoms with Crippen LogP contribution in [0.5, 0.6) is 0 Å². The van der Waals surface area contributed by atoms with E-state index in [1.165, 1.54) is 0 Å². The van der Waals surface area contributed by atoms with Crippen molar-refractivity contribution in [2.75, 3.05) is 0 Å². The zero-order chi connectivity index (χ0) is 8.27. The summed E-state index contributed by atoms with van der Waals surface area (Å²) in [4.78, 5) is 0. The van der Waals surface area contributed by atoms with E-state index < -0.39 is 0 Å². The number of rotatable bonds is 1. The molecule has 3 heteroatoms. The Hall–Kier alpha value is -1.04. The van der Waals surface area contributed by atoms with Crippen LogP contribution in [0, 0.1) is 11.3 Å². The van der Waals surface area contributed by atoms with Crippen LogP contribution in [0.25, 0.3) is 0 Å². The molecule has 0 aliphatic heterocycles. The number of nitrogens with two attached hydrogens (primary N) is 1. The molecule has 1 rings (SSSR count). The van der Waals surface area contributed by atoms with Gasteiger partial charge in [0.05, 0.1) is 11.6 Å². The van der Waals surface area contributed by atoms with Crippen LogP contribution in [-0.2, 0) is 6.54 Å². The molecule has 0 saturated carbocycles. The van der Waals surface area contributed by atoms with E-state index in [-0.39, 0.29) is 0 Å². The van der Waals surface area contributed by atoms with Gasteiger partial charge in [0.25, 0.3) is 0 Å². The highest BCUT2D eigenvalue weighted by Gasteiger charge is 2.02. The molecule has 2 nitrogen and oxygen atoms in total. The second kappa shape index (κ2) is 3.38. The third-order valence-corrected chi connectivity index (χ3v) is 1.80. The minimum Gasteiger partial charge on any atom is -0.326 e. The van der Waals surface area contributed by atoms with E-state index in [2.05, 4.69) is 0 Å². The standard InChI is InChI=1S/C8H7ClN2/c9-8-3-1-2-6(4-10)7(8)5-11/h1-3H,5,11H2. The lowest BCUT2D eigenvalue weighted by Gasteiger charge is -2.01. The number of hydrogen-bond acceptors (Lipinski definition) is 2. The van der Waals surface area contributed by atoms with Crippen LogP contribution in [0.1, 0.15) is 11.1 Å². The fourth-order valence-electron chi connectivity index (χ4n) is 0.871. The van der Waals surface area contributed by atoms with Crippen LogP contribution in [0.2, 0.25) is 5.02 Å². The van der Waals surface area contributed by atoms with Crippen molar-refractivity contribution >= 4 is 11.6 Å². The minimum atomic E-state index is 0.308. The zero-order valence-electron chi connectivity index (χ0n) is 5.84. The maximum Gasteiger partial charge on any atom is 0.0995 e. The van der Waals surface area contributed by atoms with E-state index in [9.17, 15) is 0 Å². The van der Waals surface area contributed by atoms with Crippen LogP contribution < -0.4 is 5.73 Å². The average molecular weight is 167 g/mol. The highest BCUT2D eigenvalue weighted by atomic mass is 35.5. The Bertz CT molecular complexity index is 301. The monoisotopic (exact) mass is 166 g/mol. The van der Waals surface area contributed by atoms with E-state index >= 15 is 0 Å². The molecule has 2 N–H and O–H groups in total. The van der Waals surface area contributed by atoms with Crippen molar-refractivity contribution in [3.63, 3.8) is 0 Å². The fourth-order valence-corrected chi connectivity index (χ4v) is 1.12. The van der Waals surface area contributed by atoms with Crippen molar-refractivity contribution < 1.29 is 0 Å². The van der Waals surface area contributed by atoms with Crippen molar-refractivity contribution in [3.05, 3.63) is 34.3 Å². The van der Waals surface area contributed by atoms with E-state index in [1.807, 2.05) is 6.07 Å². The van der Waals surface area contributed by atoms with Crippen LogP contribution >= 0.6 is 11.6 Å². The molecular weight excluding hydrogens is 160 g/mol. The van der Waals surface area contributed by atoms with Gasteiger partial charge < -0.3 is 5.73 Å². The summed E-state index contributed by atoms with van der Waals surface area (Å²) in [7, 11) is 0. The van der Waals surface area contributed by atoms with Crippen LogP contribution in [0.3, 0.4) is 0 Å². The first-order valence-electron chi connectivity index (χ1n) is 3.17. The lowest BCUT2D eigenvalue weighted by molar-refractivity contribution is 1.06. The number of halogens is 1. The third-order valence-electron chi connectivity index (χ3n) is 1.44. The topological polar surface area (TPSA) is 49.8 Å². The summed E-state index contributed by atoms with van der Waals surface area (Å²) in [6, 6.07) is 7.19. The molecule has 0 saturated heterocycles. The first kappa shape index (κ1) is 8.06. The summed E-state index contributed by atoms with van der Waals surface area (Å²) < 4.78 is 0. The molecule has 0 unspecified atom stereocenters. The molecule has 0 radical (unpaired) electrons. The molecule has 1 aromatic carbocycles. The molecule has 11 heavy (non-hydrogen) atoms. The molecule has 0 aliphatic rings. The smallest absolute Gasteiger partial charge is 0.0995 e. The van der Waals surface area contributed by atoms with Gasteiger partial charge in [-0.05, 0) is 12.1 Å². The quantitative estimate of drug-likeness (QED) is 0.690. The Labute approximate surface area is 70.2 Å². The summed E-state index contributed by atoms with van der Waals surface area (Å²) in [5.74, 6) is 0. The predicted octanol–water partition coefficient (Wildman–Crippen LogP) is 1.67. The molecule has 1 aromatic rings. The summed E-state index contributed by atoms with van der Waals surface area (Å²) >= 11 is 5.78. The summed E-state index contributed by atoms with van der Waals surface area (Å²) in [5, 5.41) is 9.17. The highest BCUT2D eigenvalue weighted by Crippen LogP contribution is 2.18. The SMILES string of the molecule is N#Cc1cccc(Cl)c1CN. The fraction of sp³-hybridized carbons (Fsp3) is 0.125. The Balaban J connectivity index is 3.27. The molecule has 0 aromatic heterocycles. The number of benzene rings is 1. The molecule has 0 aliphatic carbocycles. The van der Waals surface area contributed by atoms with Gasteiger partial charge in [-0.1, -0.05) is 17.7 Å². The number of hydrogen-bond donors (Lipinski definition) is 1. The van der Waals surface area contributed by atoms with Crippen molar-refractivity contribution in [2.24, 2.45) is 5.73 Å². The second-order valence-corrected chi connectivity index (χ2v) is 2.49. The van der Waals surface area contributed by atoms with Crippen molar-refractivity contribution in [1.82, 2.24) is 0 Å². The number of nitrogens with zero attached hydrogens (tertiary/aromatic N) is 1. The van der Waals surface area contributed by atoms with E-state index in [0.29, 0.717) is 17.1 Å². The summed E-state index contributed by atoms with van der Waals surface area (Å²) in [6.45, 7) is 0.308. The van der Waals surface area contributed by atoms with E-state index in [1.54, 1.807) is 18.2 Å². The Morgan fingerprint density at radius 2 is 2.27 bits per heavy atom. The molecule has 0 spiro atoms. The lowest BCUT2D eigenvalue weighted by Crippen LogP contribution is -1.99. The summed E-state index contributed by atoms with van der Waals surface area (Å²) in [5.41, 5.74) is 6.67. The van der Waals surface area contributed by atoms with Crippen LogP contribution in [0.4, 0.5) is 0 Å². The largest absolute Gasteiger partial charge is 0.326 e. The minimum absolute atomic E-state index is 0.308. The maximum absolute atomic E-state index is 8.61. The van der Waals surface area contributed by atoms with Gasteiger partial charge in [0.1, 0.15) is 0 Å². The van der Waals surface area contributed by atoms with Crippen molar-refractivity contribution in [2.45, 2.75) is 6.54 Å². The molecule has 0 bridgehead atoms. The van der Waals surface area contributed by atoms with Crippen LogP contribution in [0.15, 0.2) is 18.2 Å². The van der Waals surface area contributed by atoms with E-state index in [4.69, 9.17) is 22.6 Å². The van der Waals surface area contributed by atoms with Gasteiger partial charge in [-0.3, -0.25) is 0 Å². The third kappa shape index (κ3) is 1.51. The Morgan fingerprint density at radius 1 is 1.55 bits per heavy atom. The molecule has 0 atom stereocenters.